The van der Waals surface area contributed by atoms with Gasteiger partial charge in [-0.2, -0.15) is 0 Å². The average Bonchev–Trinajstić information content (AvgIpc) is 2.60. The van der Waals surface area contributed by atoms with E-state index < -0.39 is 0 Å². The number of aliphatic imine (C=N–C) groups is 1. The lowest BCUT2D eigenvalue weighted by Crippen LogP contribution is -2.51. The van der Waals surface area contributed by atoms with Crippen molar-refractivity contribution in [2.75, 3.05) is 53.4 Å². The molecule has 1 aliphatic heterocycles. The van der Waals surface area contributed by atoms with Crippen molar-refractivity contribution in [2.45, 2.75) is 25.8 Å². The molecule has 2 N–H and O–H groups in total. The number of hydrogen-bond donors (Lipinski definition) is 2. The number of aryl methyl sites for hydroxylation is 1. The minimum atomic E-state index is -0.149. The van der Waals surface area contributed by atoms with Crippen LogP contribution in [-0.2, 0) is 6.42 Å². The first-order chi connectivity index (χ1) is 12.5. The van der Waals surface area contributed by atoms with Crippen LogP contribution in [0.1, 0.15) is 18.9 Å². The molecular formula is C19H31BrFN5. The topological polar surface area (TPSA) is 42.9 Å². The Morgan fingerprint density at radius 1 is 1.31 bits per heavy atom. The van der Waals surface area contributed by atoms with E-state index in [9.17, 15) is 4.39 Å². The molecule has 1 atom stereocenters. The van der Waals surface area contributed by atoms with Crippen molar-refractivity contribution >= 4 is 21.9 Å². The smallest absolute Gasteiger partial charge is 0.191 e. The van der Waals surface area contributed by atoms with Gasteiger partial charge in [0.1, 0.15) is 5.82 Å². The van der Waals surface area contributed by atoms with Gasteiger partial charge in [-0.1, -0.05) is 22.0 Å². The lowest BCUT2D eigenvalue weighted by molar-refractivity contribution is 0.119. The Labute approximate surface area is 165 Å². The molecule has 2 rings (SSSR count). The minimum absolute atomic E-state index is 0.149. The van der Waals surface area contributed by atoms with E-state index in [1.165, 1.54) is 6.07 Å². The van der Waals surface area contributed by atoms with Gasteiger partial charge in [-0.3, -0.25) is 9.89 Å². The number of nitrogens with one attached hydrogen (secondary N) is 2. The van der Waals surface area contributed by atoms with Crippen molar-refractivity contribution in [1.82, 2.24) is 20.4 Å². The summed E-state index contributed by atoms with van der Waals surface area (Å²) in [5.41, 5.74) is 0.754. The maximum Gasteiger partial charge on any atom is 0.191 e. The van der Waals surface area contributed by atoms with E-state index in [1.54, 1.807) is 0 Å². The lowest BCUT2D eigenvalue weighted by atomic mass is 10.1. The van der Waals surface area contributed by atoms with Gasteiger partial charge >= 0.3 is 0 Å². The zero-order valence-corrected chi connectivity index (χ0v) is 17.6. The van der Waals surface area contributed by atoms with Crippen molar-refractivity contribution in [3.63, 3.8) is 0 Å². The summed E-state index contributed by atoms with van der Waals surface area (Å²) >= 11 is 3.29. The van der Waals surface area contributed by atoms with Crippen LogP contribution in [0.3, 0.4) is 0 Å². The molecular weight excluding hydrogens is 397 g/mol. The summed E-state index contributed by atoms with van der Waals surface area (Å²) in [4.78, 5) is 9.47. The average molecular weight is 428 g/mol. The summed E-state index contributed by atoms with van der Waals surface area (Å²) in [6, 6.07) is 5.69. The highest BCUT2D eigenvalue weighted by Gasteiger charge is 2.21. The van der Waals surface area contributed by atoms with Crippen molar-refractivity contribution in [1.29, 1.82) is 0 Å². The summed E-state index contributed by atoms with van der Waals surface area (Å²) in [5, 5.41) is 6.65. The molecule has 7 heteroatoms. The van der Waals surface area contributed by atoms with Crippen LogP contribution in [0.4, 0.5) is 4.39 Å². The second-order valence-corrected chi connectivity index (χ2v) is 7.80. The Morgan fingerprint density at radius 2 is 2.12 bits per heavy atom. The number of guanidine groups is 1. The first-order valence-electron chi connectivity index (χ1n) is 9.34. The van der Waals surface area contributed by atoms with Gasteiger partial charge in [0.25, 0.3) is 0 Å². The first kappa shape index (κ1) is 21.1. The van der Waals surface area contributed by atoms with Gasteiger partial charge in [0, 0.05) is 43.2 Å². The van der Waals surface area contributed by atoms with Crippen LogP contribution in [0.25, 0.3) is 0 Å². The number of benzene rings is 1. The highest BCUT2D eigenvalue weighted by molar-refractivity contribution is 9.10. The monoisotopic (exact) mass is 427 g/mol. The van der Waals surface area contributed by atoms with Crippen molar-refractivity contribution < 1.29 is 4.39 Å². The molecule has 1 aromatic rings. The Kier molecular flexibility index (Phi) is 8.81. The molecule has 0 amide bonds. The molecule has 1 aliphatic rings. The van der Waals surface area contributed by atoms with Crippen LogP contribution in [0.15, 0.2) is 27.7 Å². The van der Waals surface area contributed by atoms with E-state index in [0.29, 0.717) is 12.5 Å². The minimum Gasteiger partial charge on any atom is -0.357 e. The van der Waals surface area contributed by atoms with E-state index in [4.69, 9.17) is 4.99 Å². The normalized spacial score (nSPS) is 19.6. The summed E-state index contributed by atoms with van der Waals surface area (Å²) in [7, 11) is 4.33. The van der Waals surface area contributed by atoms with Gasteiger partial charge < -0.3 is 15.5 Å². The number of halogens is 2. The number of rotatable bonds is 7. The maximum absolute atomic E-state index is 13.9. The van der Waals surface area contributed by atoms with Gasteiger partial charge in [0.15, 0.2) is 5.96 Å². The molecule has 0 spiro atoms. The fourth-order valence-electron chi connectivity index (χ4n) is 3.05. The zero-order chi connectivity index (χ0) is 18.9. The molecule has 1 saturated heterocycles. The number of likely N-dealkylation sites (N-methyl/N-ethyl adjacent to an activating group) is 2. The van der Waals surface area contributed by atoms with Gasteiger partial charge in [0.05, 0.1) is 6.54 Å². The van der Waals surface area contributed by atoms with Gasteiger partial charge in [-0.25, -0.2) is 4.39 Å². The third-order valence-electron chi connectivity index (χ3n) is 4.72. The first-order valence-corrected chi connectivity index (χ1v) is 10.1. The van der Waals surface area contributed by atoms with Gasteiger partial charge in [-0.15, -0.1) is 0 Å². The maximum atomic E-state index is 13.9. The lowest BCUT2D eigenvalue weighted by Gasteiger charge is -2.36. The van der Waals surface area contributed by atoms with E-state index >= 15 is 0 Å². The summed E-state index contributed by atoms with van der Waals surface area (Å²) < 4.78 is 14.6. The van der Waals surface area contributed by atoms with Crippen LogP contribution in [0.5, 0.6) is 0 Å². The molecule has 0 bridgehead atoms. The van der Waals surface area contributed by atoms with Crippen LogP contribution >= 0.6 is 15.9 Å². The zero-order valence-electron chi connectivity index (χ0n) is 16.1. The fourth-order valence-corrected chi connectivity index (χ4v) is 3.38. The van der Waals surface area contributed by atoms with E-state index in [-0.39, 0.29) is 5.82 Å². The summed E-state index contributed by atoms with van der Waals surface area (Å²) in [5.74, 6) is 0.690. The van der Waals surface area contributed by atoms with Crippen molar-refractivity contribution in [3.05, 3.63) is 34.1 Å². The molecule has 1 unspecified atom stereocenters. The van der Waals surface area contributed by atoms with Gasteiger partial charge in [-0.05, 0) is 51.6 Å². The summed E-state index contributed by atoms with van der Waals surface area (Å²) in [6.45, 7) is 7.67. The Balaban J connectivity index is 1.79. The molecule has 0 aliphatic carbocycles. The predicted molar refractivity (Wildman–Crippen MR) is 110 cm³/mol. The molecule has 1 aromatic carbocycles. The fraction of sp³-hybridized carbons (Fsp3) is 0.632. The highest BCUT2D eigenvalue weighted by atomic mass is 79.9. The van der Waals surface area contributed by atoms with Crippen LogP contribution < -0.4 is 10.6 Å². The standard InChI is InChI=1S/C19H31BrFN5/c1-4-22-19(24-13-17-14-25(2)10-11-26(17)3)23-9-5-6-15-7-8-16(20)12-18(15)21/h7-8,12,17H,4-6,9-11,13-14H2,1-3H3,(H2,22,23,24). The van der Waals surface area contributed by atoms with Crippen molar-refractivity contribution in [2.24, 2.45) is 4.99 Å². The van der Waals surface area contributed by atoms with Crippen LogP contribution in [0.2, 0.25) is 0 Å². The Bertz CT molecular complexity index is 595. The molecule has 0 radical (unpaired) electrons. The highest BCUT2D eigenvalue weighted by Crippen LogP contribution is 2.16. The second kappa shape index (κ2) is 10.8. The summed E-state index contributed by atoms with van der Waals surface area (Å²) in [6.07, 6.45) is 1.57. The van der Waals surface area contributed by atoms with Crippen molar-refractivity contribution in [3.8, 4) is 0 Å². The molecule has 1 fully saturated rings. The van der Waals surface area contributed by atoms with Crippen LogP contribution in [-0.4, -0.2) is 75.2 Å². The Hall–Kier alpha value is -1.18. The molecule has 0 saturated carbocycles. The molecule has 26 heavy (non-hydrogen) atoms. The Morgan fingerprint density at radius 3 is 2.85 bits per heavy atom. The predicted octanol–water partition coefficient (Wildman–Crippen LogP) is 2.32. The number of nitrogens with zero attached hydrogens (tertiary/aromatic N) is 3. The van der Waals surface area contributed by atoms with E-state index in [2.05, 4.69) is 57.4 Å². The van der Waals surface area contributed by atoms with E-state index in [0.717, 1.165) is 61.7 Å². The van der Waals surface area contributed by atoms with E-state index in [1.807, 2.05) is 12.1 Å². The molecule has 1 heterocycles. The molecule has 5 nitrogen and oxygen atoms in total. The van der Waals surface area contributed by atoms with Gasteiger partial charge in [0.2, 0.25) is 0 Å². The third-order valence-corrected chi connectivity index (χ3v) is 5.21. The number of piperazine rings is 1. The SMILES string of the molecule is CCNC(=NCC1CN(C)CCN1C)NCCCc1ccc(Br)cc1F. The van der Waals surface area contributed by atoms with Crippen LogP contribution in [0, 0.1) is 5.82 Å². The third kappa shape index (κ3) is 6.85. The quantitative estimate of drug-likeness (QED) is 0.398. The largest absolute Gasteiger partial charge is 0.357 e. The second-order valence-electron chi connectivity index (χ2n) is 6.88. The molecule has 0 aromatic heterocycles. The number of hydrogen-bond acceptors (Lipinski definition) is 3. The molecule has 146 valence electrons.